The van der Waals surface area contributed by atoms with Gasteiger partial charge in [0.1, 0.15) is 11.5 Å². The maximum atomic E-state index is 12.0. The highest BCUT2D eigenvalue weighted by Crippen LogP contribution is 2.53. The minimum absolute atomic E-state index is 0.0402. The Morgan fingerprint density at radius 1 is 1.04 bits per heavy atom. The Bertz CT molecular complexity index is 792. The normalized spacial score (nSPS) is 21.9. The van der Waals surface area contributed by atoms with Crippen LogP contribution >= 0.6 is 0 Å². The lowest BCUT2D eigenvalue weighted by Crippen LogP contribution is -2.37. The summed E-state index contributed by atoms with van der Waals surface area (Å²) in [7, 11) is 0. The number of hydrogen-bond acceptors (Lipinski definition) is 4. The van der Waals surface area contributed by atoms with Crippen LogP contribution in [0.1, 0.15) is 46.7 Å². The van der Waals surface area contributed by atoms with Crippen LogP contribution in [0.2, 0.25) is 0 Å². The first-order valence-electron chi connectivity index (χ1n) is 8.05. The van der Waals surface area contributed by atoms with Crippen molar-refractivity contribution in [2.75, 3.05) is 0 Å². The molecule has 1 saturated carbocycles. The average molecular weight is 338 g/mol. The zero-order valence-corrected chi connectivity index (χ0v) is 13.7. The second kappa shape index (κ2) is 6.89. The molecule has 0 saturated heterocycles. The van der Waals surface area contributed by atoms with Gasteiger partial charge in [0.05, 0.1) is 5.56 Å². The lowest BCUT2D eigenvalue weighted by molar-refractivity contribution is -0.124. The third-order valence-corrected chi connectivity index (χ3v) is 4.93. The van der Waals surface area contributed by atoms with Crippen molar-refractivity contribution in [3.05, 3.63) is 65.2 Å². The number of hydrogen-bond donors (Lipinski definition) is 1. The van der Waals surface area contributed by atoms with Crippen molar-refractivity contribution in [1.82, 2.24) is 0 Å². The number of carbonyl (C=O) groups is 3. The molecule has 1 aliphatic rings. The van der Waals surface area contributed by atoms with E-state index in [0.29, 0.717) is 12.2 Å². The third kappa shape index (κ3) is 3.31. The monoisotopic (exact) mass is 338 g/mol. The van der Waals surface area contributed by atoms with Crippen LogP contribution in [0.4, 0.5) is 0 Å². The van der Waals surface area contributed by atoms with Gasteiger partial charge in [0, 0.05) is 11.8 Å². The summed E-state index contributed by atoms with van der Waals surface area (Å²) in [6.45, 7) is 1.98. The van der Waals surface area contributed by atoms with E-state index in [0.717, 1.165) is 17.5 Å². The molecule has 25 heavy (non-hydrogen) atoms. The second-order valence-electron chi connectivity index (χ2n) is 6.30. The highest BCUT2D eigenvalue weighted by Gasteiger charge is 2.44. The molecule has 0 unspecified atom stereocenters. The second-order valence-corrected chi connectivity index (χ2v) is 6.30. The maximum Gasteiger partial charge on any atom is 0.335 e. The summed E-state index contributed by atoms with van der Waals surface area (Å²) < 4.78 is 4.81. The maximum absolute atomic E-state index is 12.0. The van der Waals surface area contributed by atoms with E-state index in [2.05, 4.69) is 0 Å². The molecule has 0 bridgehead atoms. The van der Waals surface area contributed by atoms with Gasteiger partial charge in [0.2, 0.25) is 0 Å². The Labute approximate surface area is 145 Å². The molecule has 5 nitrogen and oxygen atoms in total. The summed E-state index contributed by atoms with van der Waals surface area (Å²) >= 11 is 0. The predicted octanol–water partition coefficient (Wildman–Crippen LogP) is 3.40. The van der Waals surface area contributed by atoms with E-state index in [4.69, 9.17) is 9.84 Å². The fraction of sp³-hybridized carbons (Fsp3) is 0.250. The SMILES string of the molecule is CC(=O)[C@@H]1C[C@@H](c2ccc(C(=O)O)cc2)[C@H]1c1ccc(OC=O)cc1. The van der Waals surface area contributed by atoms with Crippen LogP contribution in [0.15, 0.2) is 48.5 Å². The van der Waals surface area contributed by atoms with Crippen LogP contribution in [0.5, 0.6) is 5.75 Å². The number of carbonyl (C=O) groups excluding carboxylic acids is 2. The van der Waals surface area contributed by atoms with Gasteiger partial charge in [0.15, 0.2) is 0 Å². The number of aromatic carboxylic acids is 1. The van der Waals surface area contributed by atoms with Crippen LogP contribution < -0.4 is 4.74 Å². The van der Waals surface area contributed by atoms with Gasteiger partial charge >= 0.3 is 5.97 Å². The molecule has 0 radical (unpaired) electrons. The number of ketones is 1. The van der Waals surface area contributed by atoms with E-state index < -0.39 is 5.97 Å². The Balaban J connectivity index is 1.87. The number of Topliss-reactive ketones (excluding diaryl/α,β-unsaturated/α-hetero) is 1. The van der Waals surface area contributed by atoms with Gasteiger partial charge in [-0.3, -0.25) is 9.59 Å². The summed E-state index contributed by atoms with van der Waals surface area (Å²) in [6, 6.07) is 14.0. The molecular weight excluding hydrogens is 320 g/mol. The average Bonchev–Trinajstić information content (AvgIpc) is 2.56. The molecule has 128 valence electrons. The summed E-state index contributed by atoms with van der Waals surface area (Å²) in [6.07, 6.45) is 0.749. The highest BCUT2D eigenvalue weighted by molar-refractivity contribution is 5.87. The number of carboxylic acid groups (broad SMARTS) is 1. The van der Waals surface area contributed by atoms with E-state index in [-0.39, 0.29) is 29.1 Å². The third-order valence-electron chi connectivity index (χ3n) is 4.93. The minimum atomic E-state index is -0.955. The van der Waals surface area contributed by atoms with Crippen LogP contribution in [-0.4, -0.2) is 23.3 Å². The van der Waals surface area contributed by atoms with Crippen LogP contribution in [0, 0.1) is 5.92 Å². The number of rotatable bonds is 6. The topological polar surface area (TPSA) is 80.7 Å². The first kappa shape index (κ1) is 16.9. The molecule has 2 aromatic rings. The van der Waals surface area contributed by atoms with Crippen molar-refractivity contribution >= 4 is 18.2 Å². The number of ether oxygens (including phenoxy) is 1. The van der Waals surface area contributed by atoms with Crippen molar-refractivity contribution in [1.29, 1.82) is 0 Å². The largest absolute Gasteiger partial charge is 0.478 e. The summed E-state index contributed by atoms with van der Waals surface area (Å²) in [5.74, 6) is -0.199. The summed E-state index contributed by atoms with van der Waals surface area (Å²) in [5.41, 5.74) is 2.29. The molecule has 0 heterocycles. The van der Waals surface area contributed by atoms with Gasteiger partial charge in [-0.1, -0.05) is 24.3 Å². The van der Waals surface area contributed by atoms with E-state index >= 15 is 0 Å². The fourth-order valence-corrected chi connectivity index (χ4v) is 3.58. The molecule has 1 aliphatic carbocycles. The molecule has 5 heteroatoms. The molecular formula is C20H18O5. The first-order chi connectivity index (χ1) is 12.0. The van der Waals surface area contributed by atoms with Crippen LogP contribution in [-0.2, 0) is 9.59 Å². The van der Waals surface area contributed by atoms with E-state index in [1.807, 2.05) is 24.3 Å². The number of carboxylic acids is 1. The standard InChI is InChI=1S/C20H18O5/c1-12(22)17-10-18(13-2-4-15(5-3-13)20(23)24)19(17)14-6-8-16(9-7-14)25-11-21/h2-9,11,17-19H,10H2,1H3,(H,23,24)/t17-,18-,19-/m0/s1. The van der Waals surface area contributed by atoms with Gasteiger partial charge in [-0.2, -0.15) is 0 Å². The van der Waals surface area contributed by atoms with Gasteiger partial charge in [-0.15, -0.1) is 0 Å². The zero-order valence-electron chi connectivity index (χ0n) is 13.7. The van der Waals surface area contributed by atoms with Gasteiger partial charge < -0.3 is 9.84 Å². The zero-order chi connectivity index (χ0) is 18.0. The lowest BCUT2D eigenvalue weighted by Gasteiger charge is -2.44. The minimum Gasteiger partial charge on any atom is -0.478 e. The molecule has 1 fully saturated rings. The van der Waals surface area contributed by atoms with E-state index in [1.165, 1.54) is 0 Å². The lowest BCUT2D eigenvalue weighted by atomic mass is 9.58. The molecule has 0 aromatic heterocycles. The fourth-order valence-electron chi connectivity index (χ4n) is 3.58. The van der Waals surface area contributed by atoms with Crippen LogP contribution in [0.3, 0.4) is 0 Å². The Morgan fingerprint density at radius 2 is 1.64 bits per heavy atom. The molecule has 3 rings (SSSR count). The molecule has 3 atom stereocenters. The van der Waals surface area contributed by atoms with Crippen LogP contribution in [0.25, 0.3) is 0 Å². The summed E-state index contributed by atoms with van der Waals surface area (Å²) in [5, 5.41) is 9.02. The van der Waals surface area contributed by atoms with Gasteiger partial charge in [-0.05, 0) is 54.7 Å². The Kier molecular flexibility index (Phi) is 4.65. The molecule has 0 spiro atoms. The first-order valence-corrected chi connectivity index (χ1v) is 8.05. The van der Waals surface area contributed by atoms with E-state index in [9.17, 15) is 14.4 Å². The molecule has 0 amide bonds. The Morgan fingerprint density at radius 3 is 2.16 bits per heavy atom. The summed E-state index contributed by atoms with van der Waals surface area (Å²) in [4.78, 5) is 33.4. The van der Waals surface area contributed by atoms with Gasteiger partial charge in [0.25, 0.3) is 6.47 Å². The van der Waals surface area contributed by atoms with Crippen molar-refractivity contribution in [2.24, 2.45) is 5.92 Å². The van der Waals surface area contributed by atoms with Crippen molar-refractivity contribution in [3.8, 4) is 5.75 Å². The predicted molar refractivity (Wildman–Crippen MR) is 90.8 cm³/mol. The Hall–Kier alpha value is -2.95. The molecule has 1 N–H and O–H groups in total. The quantitative estimate of drug-likeness (QED) is 0.817. The van der Waals surface area contributed by atoms with Crippen molar-refractivity contribution < 1.29 is 24.2 Å². The van der Waals surface area contributed by atoms with E-state index in [1.54, 1.807) is 31.2 Å². The van der Waals surface area contributed by atoms with Gasteiger partial charge in [-0.25, -0.2) is 4.79 Å². The molecule has 2 aromatic carbocycles. The van der Waals surface area contributed by atoms with Crippen molar-refractivity contribution in [3.63, 3.8) is 0 Å². The van der Waals surface area contributed by atoms with Crippen molar-refractivity contribution in [2.45, 2.75) is 25.2 Å². The smallest absolute Gasteiger partial charge is 0.335 e. The number of benzene rings is 2. The highest BCUT2D eigenvalue weighted by atomic mass is 16.5. The molecule has 0 aliphatic heterocycles.